The Morgan fingerprint density at radius 3 is 2.32 bits per heavy atom. The maximum Gasteiger partial charge on any atom is 0.410 e. The van der Waals surface area contributed by atoms with E-state index in [2.05, 4.69) is 0 Å². The van der Waals surface area contributed by atoms with Crippen LogP contribution in [0.15, 0.2) is 12.1 Å². The second-order valence-corrected chi connectivity index (χ2v) is 7.00. The predicted molar refractivity (Wildman–Crippen MR) is 105 cm³/mol. The van der Waals surface area contributed by atoms with Gasteiger partial charge in [-0.05, 0) is 37.1 Å². The third kappa shape index (κ3) is 5.51. The van der Waals surface area contributed by atoms with Crippen molar-refractivity contribution < 1.29 is 28.7 Å². The summed E-state index contributed by atoms with van der Waals surface area (Å²) in [4.78, 5) is 29.1. The van der Waals surface area contributed by atoms with Crippen LogP contribution in [0.2, 0.25) is 0 Å². The Morgan fingerprint density at radius 1 is 1.14 bits per heavy atom. The van der Waals surface area contributed by atoms with Crippen LogP contribution < -0.4 is 14.4 Å². The third-order valence-corrected chi connectivity index (χ3v) is 5.07. The molecule has 0 bridgehead atoms. The molecular weight excluding hydrogens is 362 g/mol. The maximum atomic E-state index is 12.7. The molecule has 28 heavy (non-hydrogen) atoms. The summed E-state index contributed by atoms with van der Waals surface area (Å²) in [6.45, 7) is 7.81. The van der Waals surface area contributed by atoms with Crippen molar-refractivity contribution in [3.8, 4) is 11.5 Å². The highest BCUT2D eigenvalue weighted by Crippen LogP contribution is 2.30. The summed E-state index contributed by atoms with van der Waals surface area (Å²) in [7, 11) is 5.02. The highest BCUT2D eigenvalue weighted by atomic mass is 16.6. The molecule has 0 aliphatic carbocycles. The number of hydrogen-bond acceptors (Lipinski definition) is 5. The van der Waals surface area contributed by atoms with E-state index in [4.69, 9.17) is 14.2 Å². The van der Waals surface area contributed by atoms with Crippen LogP contribution in [0.4, 0.5) is 4.79 Å². The number of hydrogen-bond donors (Lipinski definition) is 1. The number of piperazine rings is 1. The topological polar surface area (TPSA) is 72.8 Å². The van der Waals surface area contributed by atoms with E-state index < -0.39 is 0 Å². The molecule has 0 radical (unpaired) electrons. The van der Waals surface area contributed by atoms with Crippen molar-refractivity contribution in [1.82, 2.24) is 9.80 Å². The number of carbonyl (C=O) groups is 2. The summed E-state index contributed by atoms with van der Waals surface area (Å²) in [6.07, 6.45) is -0.270. The van der Waals surface area contributed by atoms with Gasteiger partial charge in [0.1, 0.15) is 0 Å². The summed E-state index contributed by atoms with van der Waals surface area (Å²) in [5.74, 6) is 1.42. The summed E-state index contributed by atoms with van der Waals surface area (Å²) in [6, 6.07) is 3.84. The van der Waals surface area contributed by atoms with E-state index >= 15 is 0 Å². The first-order valence-corrected chi connectivity index (χ1v) is 9.60. The fraction of sp³-hybridized carbons (Fsp3) is 0.600. The zero-order chi connectivity index (χ0) is 20.7. The highest BCUT2D eigenvalue weighted by Gasteiger charge is 2.27. The highest BCUT2D eigenvalue weighted by molar-refractivity contribution is 5.77. The van der Waals surface area contributed by atoms with Gasteiger partial charge in [0, 0.05) is 13.6 Å². The Balaban J connectivity index is 1.89. The number of methoxy groups -OCH3 is 2. The van der Waals surface area contributed by atoms with Gasteiger partial charge in [0.2, 0.25) is 0 Å². The Labute approximate surface area is 166 Å². The number of benzene rings is 1. The fourth-order valence-electron chi connectivity index (χ4n) is 3.28. The van der Waals surface area contributed by atoms with E-state index in [1.165, 1.54) is 4.90 Å². The summed E-state index contributed by atoms with van der Waals surface area (Å²) >= 11 is 0. The lowest BCUT2D eigenvalue weighted by molar-refractivity contribution is -0.896. The van der Waals surface area contributed by atoms with Crippen LogP contribution >= 0.6 is 0 Å². The maximum absolute atomic E-state index is 12.7. The van der Waals surface area contributed by atoms with Gasteiger partial charge in [-0.25, -0.2) is 4.79 Å². The molecule has 1 fully saturated rings. The molecule has 0 spiro atoms. The lowest BCUT2D eigenvalue weighted by atomic mass is 10.1. The Kier molecular flexibility index (Phi) is 7.92. The molecule has 2 rings (SSSR count). The normalized spacial score (nSPS) is 14.5. The number of nitrogens with zero attached hydrogens (tertiary/aromatic N) is 2. The Bertz CT molecular complexity index is 687. The van der Waals surface area contributed by atoms with Crippen LogP contribution in [0.3, 0.4) is 0 Å². The van der Waals surface area contributed by atoms with Gasteiger partial charge in [0.15, 0.2) is 18.0 Å². The lowest BCUT2D eigenvalue weighted by Crippen LogP contribution is -3.15. The Hall–Kier alpha value is -2.48. The van der Waals surface area contributed by atoms with E-state index in [1.54, 1.807) is 30.9 Å². The van der Waals surface area contributed by atoms with Crippen molar-refractivity contribution in [1.29, 1.82) is 0 Å². The molecule has 2 amide bonds. The Morgan fingerprint density at radius 2 is 1.75 bits per heavy atom. The molecule has 0 saturated carbocycles. The molecule has 1 heterocycles. The van der Waals surface area contributed by atoms with Gasteiger partial charge in [-0.2, -0.15) is 0 Å². The zero-order valence-electron chi connectivity index (χ0n) is 17.5. The second-order valence-electron chi connectivity index (χ2n) is 7.00. The van der Waals surface area contributed by atoms with E-state index in [1.807, 2.05) is 26.1 Å². The number of nitrogens with one attached hydrogen (secondary N) is 1. The lowest BCUT2D eigenvalue weighted by Gasteiger charge is -2.32. The number of carbonyl (C=O) groups excluding carboxylic acids is 2. The summed E-state index contributed by atoms with van der Waals surface area (Å²) in [5.41, 5.74) is 2.07. The predicted octanol–water partition coefficient (Wildman–Crippen LogP) is 0.328. The van der Waals surface area contributed by atoms with E-state index in [0.29, 0.717) is 44.3 Å². The van der Waals surface area contributed by atoms with Crippen LogP contribution in [-0.2, 0) is 16.1 Å². The average molecular weight is 394 g/mol. The second kappa shape index (κ2) is 10.2. The minimum atomic E-state index is -0.270. The van der Waals surface area contributed by atoms with Crippen LogP contribution in [-0.4, -0.2) is 82.4 Å². The first-order chi connectivity index (χ1) is 13.4. The number of amides is 2. The number of rotatable bonds is 7. The zero-order valence-corrected chi connectivity index (χ0v) is 17.5. The van der Waals surface area contributed by atoms with E-state index in [-0.39, 0.29) is 12.0 Å². The van der Waals surface area contributed by atoms with Gasteiger partial charge in [-0.15, -0.1) is 0 Å². The first-order valence-electron chi connectivity index (χ1n) is 9.60. The van der Waals surface area contributed by atoms with Crippen LogP contribution in [0.1, 0.15) is 18.1 Å². The van der Waals surface area contributed by atoms with E-state index in [0.717, 1.165) is 24.2 Å². The number of likely N-dealkylation sites (N-methyl/N-ethyl adjacent to an activating group) is 1. The largest absolute Gasteiger partial charge is 0.493 e. The van der Waals surface area contributed by atoms with Crippen molar-refractivity contribution in [2.24, 2.45) is 0 Å². The van der Waals surface area contributed by atoms with Crippen LogP contribution in [0.25, 0.3) is 0 Å². The molecule has 1 aliphatic rings. The van der Waals surface area contributed by atoms with Gasteiger partial charge in [0.25, 0.3) is 5.91 Å². The minimum Gasteiger partial charge on any atom is -0.493 e. The average Bonchev–Trinajstić information content (AvgIpc) is 2.69. The third-order valence-electron chi connectivity index (χ3n) is 5.07. The molecule has 0 atom stereocenters. The minimum absolute atomic E-state index is 0.0776. The molecule has 1 saturated heterocycles. The van der Waals surface area contributed by atoms with Gasteiger partial charge in [-0.1, -0.05) is 0 Å². The molecule has 1 aromatic rings. The van der Waals surface area contributed by atoms with Crippen LogP contribution in [0, 0.1) is 6.92 Å². The molecular formula is C20H32N3O5+. The SMILES string of the molecule is CCOC(=O)N1CC[NH+](CC(=O)N(C)Cc2cc(OC)c(OC)cc2C)CC1. The quantitative estimate of drug-likeness (QED) is 0.722. The van der Waals surface area contributed by atoms with Crippen molar-refractivity contribution in [3.63, 3.8) is 0 Å². The fourth-order valence-corrected chi connectivity index (χ4v) is 3.28. The first kappa shape index (κ1) is 21.8. The van der Waals surface area contributed by atoms with Gasteiger partial charge in [-0.3, -0.25) is 9.69 Å². The molecule has 1 aliphatic heterocycles. The van der Waals surface area contributed by atoms with Gasteiger partial charge in [0.05, 0.1) is 47.0 Å². The van der Waals surface area contributed by atoms with Crippen LogP contribution in [0.5, 0.6) is 11.5 Å². The molecule has 1 aromatic carbocycles. The van der Waals surface area contributed by atoms with Crippen molar-refractivity contribution in [2.75, 3.05) is 60.6 Å². The smallest absolute Gasteiger partial charge is 0.410 e. The summed E-state index contributed by atoms with van der Waals surface area (Å²) in [5, 5.41) is 0. The van der Waals surface area contributed by atoms with Gasteiger partial charge >= 0.3 is 6.09 Å². The standard InChI is InChI=1S/C20H31N3O5/c1-6-28-20(25)23-9-7-22(8-10-23)14-19(24)21(3)13-16-12-18(27-5)17(26-4)11-15(16)2/h11-12H,6-10,13-14H2,1-5H3/p+1. The van der Waals surface area contributed by atoms with E-state index in [9.17, 15) is 9.59 Å². The van der Waals surface area contributed by atoms with Crippen molar-refractivity contribution in [3.05, 3.63) is 23.3 Å². The van der Waals surface area contributed by atoms with Crippen molar-refractivity contribution in [2.45, 2.75) is 20.4 Å². The number of quaternary nitrogens is 1. The molecule has 156 valence electrons. The molecule has 0 unspecified atom stereocenters. The molecule has 0 aromatic heterocycles. The number of ether oxygens (including phenoxy) is 3. The van der Waals surface area contributed by atoms with Crippen molar-refractivity contribution >= 4 is 12.0 Å². The monoisotopic (exact) mass is 394 g/mol. The van der Waals surface area contributed by atoms with Gasteiger partial charge < -0.3 is 24.0 Å². The molecule has 8 heteroatoms. The molecule has 1 N–H and O–H groups in total. The number of aryl methyl sites for hydroxylation is 1. The summed E-state index contributed by atoms with van der Waals surface area (Å²) < 4.78 is 15.7. The molecule has 8 nitrogen and oxygen atoms in total.